The standard InChI is InChI=1S/C11H11F4N/c1-2-3-10(16)7-4-5-9(12)8(6-7)11(13,14)15/h2,4-6,10H,1,3,16H2/t10-/m1/s1. The summed E-state index contributed by atoms with van der Waals surface area (Å²) in [7, 11) is 0. The molecule has 0 heterocycles. The van der Waals surface area contributed by atoms with E-state index >= 15 is 0 Å². The monoisotopic (exact) mass is 233 g/mol. The largest absolute Gasteiger partial charge is 0.419 e. The van der Waals surface area contributed by atoms with Crippen LogP contribution in [-0.2, 0) is 6.18 Å². The summed E-state index contributed by atoms with van der Waals surface area (Å²) in [6, 6.07) is 2.17. The van der Waals surface area contributed by atoms with E-state index in [2.05, 4.69) is 6.58 Å². The zero-order valence-corrected chi connectivity index (χ0v) is 8.39. The van der Waals surface area contributed by atoms with Crippen molar-refractivity contribution >= 4 is 0 Å². The molecule has 5 heteroatoms. The first-order valence-electron chi connectivity index (χ1n) is 4.59. The van der Waals surface area contributed by atoms with E-state index in [-0.39, 0.29) is 5.56 Å². The van der Waals surface area contributed by atoms with Crippen molar-refractivity contribution in [1.82, 2.24) is 0 Å². The molecule has 0 bridgehead atoms. The van der Waals surface area contributed by atoms with Gasteiger partial charge in [-0.3, -0.25) is 0 Å². The summed E-state index contributed by atoms with van der Waals surface area (Å²) < 4.78 is 50.1. The molecule has 1 rings (SSSR count). The fourth-order valence-corrected chi connectivity index (χ4v) is 1.31. The van der Waals surface area contributed by atoms with Gasteiger partial charge >= 0.3 is 6.18 Å². The normalized spacial score (nSPS) is 13.6. The fraction of sp³-hybridized carbons (Fsp3) is 0.273. The van der Waals surface area contributed by atoms with Crippen LogP contribution in [0.25, 0.3) is 0 Å². The molecule has 2 N–H and O–H groups in total. The van der Waals surface area contributed by atoms with E-state index in [0.717, 1.165) is 12.1 Å². The molecule has 88 valence electrons. The Morgan fingerprint density at radius 2 is 2.00 bits per heavy atom. The molecular formula is C11H11F4N. The molecule has 0 radical (unpaired) electrons. The fourth-order valence-electron chi connectivity index (χ4n) is 1.31. The predicted octanol–water partition coefficient (Wildman–Crippen LogP) is 3.42. The highest BCUT2D eigenvalue weighted by molar-refractivity contribution is 5.29. The van der Waals surface area contributed by atoms with Crippen LogP contribution in [0, 0.1) is 5.82 Å². The highest BCUT2D eigenvalue weighted by atomic mass is 19.4. The lowest BCUT2D eigenvalue weighted by atomic mass is 10.0. The molecule has 0 aliphatic rings. The predicted molar refractivity (Wildman–Crippen MR) is 53.1 cm³/mol. The molecular weight excluding hydrogens is 222 g/mol. The van der Waals surface area contributed by atoms with Crippen LogP contribution in [0.4, 0.5) is 17.6 Å². The van der Waals surface area contributed by atoms with Gasteiger partial charge in [-0.1, -0.05) is 12.1 Å². The average Bonchev–Trinajstić information content (AvgIpc) is 2.16. The number of nitrogens with two attached hydrogens (primary N) is 1. The van der Waals surface area contributed by atoms with E-state index < -0.39 is 23.6 Å². The summed E-state index contributed by atoms with van der Waals surface area (Å²) in [6.07, 6.45) is -2.86. The highest BCUT2D eigenvalue weighted by Gasteiger charge is 2.34. The van der Waals surface area contributed by atoms with E-state index in [9.17, 15) is 17.6 Å². The molecule has 0 amide bonds. The Labute approximate surface area is 90.6 Å². The highest BCUT2D eigenvalue weighted by Crippen LogP contribution is 2.33. The second-order valence-electron chi connectivity index (χ2n) is 3.37. The number of rotatable bonds is 3. The first-order chi connectivity index (χ1) is 7.36. The third-order valence-electron chi connectivity index (χ3n) is 2.14. The zero-order valence-electron chi connectivity index (χ0n) is 8.39. The molecule has 0 aromatic heterocycles. The summed E-state index contributed by atoms with van der Waals surface area (Å²) in [4.78, 5) is 0. The van der Waals surface area contributed by atoms with E-state index in [4.69, 9.17) is 5.73 Å². The molecule has 0 unspecified atom stereocenters. The number of benzene rings is 1. The van der Waals surface area contributed by atoms with Gasteiger partial charge in [-0.25, -0.2) is 4.39 Å². The number of halogens is 4. The minimum absolute atomic E-state index is 0.244. The molecule has 0 saturated carbocycles. The summed E-state index contributed by atoms with van der Waals surface area (Å²) >= 11 is 0. The van der Waals surface area contributed by atoms with Gasteiger partial charge in [-0.15, -0.1) is 6.58 Å². The molecule has 0 saturated heterocycles. The maximum atomic E-state index is 12.9. The van der Waals surface area contributed by atoms with Crippen LogP contribution in [0.2, 0.25) is 0 Å². The molecule has 1 aromatic rings. The van der Waals surface area contributed by atoms with E-state index in [1.807, 2.05) is 0 Å². The maximum absolute atomic E-state index is 12.9. The first-order valence-corrected chi connectivity index (χ1v) is 4.59. The Bertz CT molecular complexity index is 384. The second kappa shape index (κ2) is 4.65. The van der Waals surface area contributed by atoms with Gasteiger partial charge in [-0.2, -0.15) is 13.2 Å². The van der Waals surface area contributed by atoms with Gasteiger partial charge in [0.2, 0.25) is 0 Å². The smallest absolute Gasteiger partial charge is 0.324 e. The lowest BCUT2D eigenvalue weighted by Crippen LogP contribution is -2.13. The van der Waals surface area contributed by atoms with Crippen molar-refractivity contribution in [3.63, 3.8) is 0 Å². The molecule has 1 nitrogen and oxygen atoms in total. The Morgan fingerprint density at radius 3 is 2.50 bits per heavy atom. The molecule has 0 aliphatic heterocycles. The summed E-state index contributed by atoms with van der Waals surface area (Å²) in [5.74, 6) is -1.29. The molecule has 1 atom stereocenters. The quantitative estimate of drug-likeness (QED) is 0.628. The Hall–Kier alpha value is -1.36. The molecule has 0 spiro atoms. The SMILES string of the molecule is C=CC[C@@H](N)c1ccc(F)c(C(F)(F)F)c1. The van der Waals surface area contributed by atoms with Gasteiger partial charge in [0.25, 0.3) is 0 Å². The van der Waals surface area contributed by atoms with Crippen molar-refractivity contribution in [3.8, 4) is 0 Å². The van der Waals surface area contributed by atoms with Crippen LogP contribution in [-0.4, -0.2) is 0 Å². The Kier molecular flexibility index (Phi) is 3.70. The number of alkyl halides is 3. The van der Waals surface area contributed by atoms with Crippen molar-refractivity contribution in [1.29, 1.82) is 0 Å². The van der Waals surface area contributed by atoms with E-state index in [1.165, 1.54) is 12.1 Å². The Balaban J connectivity index is 3.12. The zero-order chi connectivity index (χ0) is 12.3. The van der Waals surface area contributed by atoms with E-state index in [0.29, 0.717) is 6.42 Å². The molecule has 0 fully saturated rings. The van der Waals surface area contributed by atoms with Gasteiger partial charge in [0, 0.05) is 6.04 Å². The van der Waals surface area contributed by atoms with Crippen LogP contribution in [0.3, 0.4) is 0 Å². The van der Waals surface area contributed by atoms with E-state index in [1.54, 1.807) is 0 Å². The van der Waals surface area contributed by atoms with Crippen LogP contribution < -0.4 is 5.73 Å². The minimum Gasteiger partial charge on any atom is -0.324 e. The lowest BCUT2D eigenvalue weighted by Gasteiger charge is -2.13. The summed E-state index contributed by atoms with van der Waals surface area (Å²) in [6.45, 7) is 3.44. The van der Waals surface area contributed by atoms with Crippen molar-refractivity contribution in [2.75, 3.05) is 0 Å². The van der Waals surface area contributed by atoms with Crippen molar-refractivity contribution < 1.29 is 17.6 Å². The second-order valence-corrected chi connectivity index (χ2v) is 3.37. The lowest BCUT2D eigenvalue weighted by molar-refractivity contribution is -0.140. The molecule has 16 heavy (non-hydrogen) atoms. The minimum atomic E-state index is -4.70. The van der Waals surface area contributed by atoms with Crippen LogP contribution >= 0.6 is 0 Å². The molecule has 1 aromatic carbocycles. The van der Waals surface area contributed by atoms with Crippen molar-refractivity contribution in [2.24, 2.45) is 5.73 Å². The van der Waals surface area contributed by atoms with Crippen molar-refractivity contribution in [3.05, 3.63) is 47.8 Å². The third kappa shape index (κ3) is 2.82. The van der Waals surface area contributed by atoms with Crippen LogP contribution in [0.15, 0.2) is 30.9 Å². The van der Waals surface area contributed by atoms with Crippen molar-refractivity contribution in [2.45, 2.75) is 18.6 Å². The van der Waals surface area contributed by atoms with Gasteiger partial charge in [0.1, 0.15) is 5.82 Å². The topological polar surface area (TPSA) is 26.0 Å². The summed E-state index contributed by atoms with van der Waals surface area (Å²) in [5, 5.41) is 0. The first kappa shape index (κ1) is 12.7. The average molecular weight is 233 g/mol. The van der Waals surface area contributed by atoms with Crippen LogP contribution in [0.5, 0.6) is 0 Å². The molecule has 0 aliphatic carbocycles. The maximum Gasteiger partial charge on any atom is 0.419 e. The number of hydrogen-bond donors (Lipinski definition) is 1. The Morgan fingerprint density at radius 1 is 1.38 bits per heavy atom. The van der Waals surface area contributed by atoms with Gasteiger partial charge in [0.15, 0.2) is 0 Å². The summed E-state index contributed by atoms with van der Waals surface area (Å²) in [5.41, 5.74) is 4.56. The van der Waals surface area contributed by atoms with Gasteiger partial charge in [0.05, 0.1) is 5.56 Å². The van der Waals surface area contributed by atoms with Crippen LogP contribution in [0.1, 0.15) is 23.6 Å². The van der Waals surface area contributed by atoms with Gasteiger partial charge < -0.3 is 5.73 Å². The van der Waals surface area contributed by atoms with Gasteiger partial charge in [-0.05, 0) is 24.1 Å². The third-order valence-corrected chi connectivity index (χ3v) is 2.14. The number of hydrogen-bond acceptors (Lipinski definition) is 1.